The fourth-order valence-electron chi connectivity index (χ4n) is 10.3. The number of fused-ring (bicyclic) bond motifs is 12. The highest BCUT2D eigenvalue weighted by atomic mass is 32.1. The van der Waals surface area contributed by atoms with Crippen molar-refractivity contribution in [2.24, 2.45) is 0 Å². The second-order valence-electron chi connectivity index (χ2n) is 16.8. The number of nitrogens with zero attached hydrogens (tertiary/aromatic N) is 2. The summed E-state index contributed by atoms with van der Waals surface area (Å²) in [5.74, 6) is 0. The van der Waals surface area contributed by atoms with Gasteiger partial charge in [-0.05, 0) is 83.9 Å². The Balaban J connectivity index is 0.963. The van der Waals surface area contributed by atoms with E-state index in [1.54, 1.807) is 0 Å². The lowest BCUT2D eigenvalue weighted by molar-refractivity contribution is 0.669. The summed E-state index contributed by atoms with van der Waals surface area (Å²) >= 11 is 1.84. The summed E-state index contributed by atoms with van der Waals surface area (Å²) in [6, 6.07) is 78.3. The van der Waals surface area contributed by atoms with Gasteiger partial charge in [-0.15, -0.1) is 11.3 Å². The van der Waals surface area contributed by atoms with E-state index in [4.69, 9.17) is 8.83 Å². The highest BCUT2D eigenvalue weighted by Crippen LogP contribution is 2.50. The van der Waals surface area contributed by atoms with E-state index in [2.05, 4.69) is 216 Å². The molecule has 0 unspecified atom stereocenters. The van der Waals surface area contributed by atoms with Gasteiger partial charge in [0.2, 0.25) is 0 Å². The van der Waals surface area contributed by atoms with Gasteiger partial charge in [0, 0.05) is 64.9 Å². The minimum absolute atomic E-state index is 0.854. The predicted molar refractivity (Wildman–Crippen MR) is 274 cm³/mol. The quantitative estimate of drug-likeness (QED) is 0.167. The number of thiophene rings is 1. The van der Waals surface area contributed by atoms with Crippen LogP contribution in [0.2, 0.25) is 0 Å². The fraction of sp³-hybridized carbons (Fsp3) is 0. The zero-order valence-electron chi connectivity index (χ0n) is 34.9. The first kappa shape index (κ1) is 36.1. The van der Waals surface area contributed by atoms with E-state index in [-0.39, 0.29) is 0 Å². The monoisotopic (exact) mass is 848 g/mol. The lowest BCUT2D eigenvalue weighted by atomic mass is 9.99. The normalized spacial score (nSPS) is 12.0. The summed E-state index contributed by atoms with van der Waals surface area (Å²) in [6.45, 7) is 0. The predicted octanol–water partition coefficient (Wildman–Crippen LogP) is 17.8. The van der Waals surface area contributed by atoms with Crippen LogP contribution in [0, 0.1) is 0 Å². The van der Waals surface area contributed by atoms with Crippen molar-refractivity contribution < 1.29 is 8.83 Å². The van der Waals surface area contributed by atoms with Gasteiger partial charge >= 0.3 is 0 Å². The molecule has 0 aliphatic rings. The van der Waals surface area contributed by atoms with Gasteiger partial charge in [-0.3, -0.25) is 0 Å². The summed E-state index contributed by atoms with van der Waals surface area (Å²) in [5.41, 5.74) is 14.5. The summed E-state index contributed by atoms with van der Waals surface area (Å²) in [7, 11) is 0. The highest BCUT2D eigenvalue weighted by molar-refractivity contribution is 7.26. The van der Waals surface area contributed by atoms with Crippen LogP contribution in [0.15, 0.2) is 227 Å². The largest absolute Gasteiger partial charge is 0.455 e. The van der Waals surface area contributed by atoms with Gasteiger partial charge in [-0.2, -0.15) is 0 Å². The molecule has 14 aromatic rings. The maximum atomic E-state index is 6.96. The van der Waals surface area contributed by atoms with E-state index in [9.17, 15) is 0 Å². The topological polar surface area (TPSA) is 34.5 Å². The Labute approximate surface area is 377 Å². The van der Waals surface area contributed by atoms with Crippen LogP contribution in [-0.2, 0) is 0 Å². The summed E-state index contributed by atoms with van der Waals surface area (Å²) < 4.78 is 18.3. The van der Waals surface area contributed by atoms with Crippen LogP contribution in [0.5, 0.6) is 0 Å². The van der Waals surface area contributed by atoms with Crippen molar-refractivity contribution in [1.29, 1.82) is 0 Å². The van der Waals surface area contributed by atoms with E-state index in [0.29, 0.717) is 0 Å². The van der Waals surface area contributed by atoms with Crippen LogP contribution in [0.4, 0.5) is 17.1 Å². The second kappa shape index (κ2) is 14.1. The number of para-hydroxylation sites is 5. The Morgan fingerprint density at radius 2 is 0.923 bits per heavy atom. The minimum atomic E-state index is 0.854. The SMILES string of the molecule is c1ccc2c(c1)oc1c(-c3ccc(N(c4cccc5c4sc4ccccc45)c4ccc(-c5ccc(-n6c7ccccc7c7ccccc76)cc5)c5oc6ccccc6c45)cc3)cccc12. The van der Waals surface area contributed by atoms with E-state index in [1.807, 2.05) is 23.5 Å². The zero-order chi connectivity index (χ0) is 42.6. The molecule has 0 saturated heterocycles. The van der Waals surface area contributed by atoms with Crippen molar-refractivity contribution in [1.82, 2.24) is 4.57 Å². The number of hydrogen-bond donors (Lipinski definition) is 0. The van der Waals surface area contributed by atoms with Crippen molar-refractivity contribution in [3.8, 4) is 27.9 Å². The van der Waals surface area contributed by atoms with E-state index in [1.165, 1.54) is 42.0 Å². The Morgan fingerprint density at radius 1 is 0.369 bits per heavy atom. The molecule has 0 N–H and O–H groups in total. The third-order valence-electron chi connectivity index (χ3n) is 13.2. The van der Waals surface area contributed by atoms with Crippen LogP contribution in [0.1, 0.15) is 0 Å². The zero-order valence-corrected chi connectivity index (χ0v) is 35.7. The first-order valence-electron chi connectivity index (χ1n) is 22.0. The first-order valence-corrected chi connectivity index (χ1v) is 22.8. The molecule has 304 valence electrons. The van der Waals surface area contributed by atoms with Crippen molar-refractivity contribution >= 4 is 114 Å². The van der Waals surface area contributed by atoms with Crippen molar-refractivity contribution in [3.63, 3.8) is 0 Å². The summed E-state index contributed by atoms with van der Waals surface area (Å²) in [5, 5.41) is 9.40. The number of aromatic nitrogens is 1. The van der Waals surface area contributed by atoms with Crippen molar-refractivity contribution in [2.45, 2.75) is 0 Å². The molecule has 0 atom stereocenters. The molecule has 0 radical (unpaired) electrons. The molecule has 0 aliphatic carbocycles. The van der Waals surface area contributed by atoms with Gasteiger partial charge in [0.05, 0.1) is 32.5 Å². The molecule has 4 aromatic heterocycles. The molecule has 0 spiro atoms. The van der Waals surface area contributed by atoms with Crippen molar-refractivity contribution in [2.75, 3.05) is 4.90 Å². The van der Waals surface area contributed by atoms with E-state index >= 15 is 0 Å². The Kier molecular flexibility index (Phi) is 7.82. The third kappa shape index (κ3) is 5.43. The van der Waals surface area contributed by atoms with Crippen LogP contribution >= 0.6 is 11.3 Å². The molecular formula is C60H36N2O2S. The lowest BCUT2D eigenvalue weighted by Crippen LogP contribution is -2.10. The Morgan fingerprint density at radius 3 is 1.68 bits per heavy atom. The molecule has 65 heavy (non-hydrogen) atoms. The van der Waals surface area contributed by atoms with Gasteiger partial charge in [0.15, 0.2) is 0 Å². The average molecular weight is 849 g/mol. The second-order valence-corrected chi connectivity index (χ2v) is 17.8. The lowest BCUT2D eigenvalue weighted by Gasteiger charge is -2.27. The number of hydrogen-bond acceptors (Lipinski definition) is 4. The standard InChI is InChI=1S/C60H36N2O2S/c1-6-21-50-43(13-1)44-14-2-7-22-51(44)61(50)39-31-29-38(30-32-39)42-35-36-52(57-49-17-4-9-25-55(49)64-59(42)57)62(53-23-12-20-48-46-16-5-10-26-56(46)65-60(48)53)40-33-27-37(28-34-40)41-18-11-19-47-45-15-3-8-24-54(45)63-58(41)47/h1-36H. The molecule has 0 fully saturated rings. The third-order valence-corrected chi connectivity index (χ3v) is 14.4. The van der Waals surface area contributed by atoms with Gasteiger partial charge in [0.1, 0.15) is 22.3 Å². The molecule has 0 bridgehead atoms. The van der Waals surface area contributed by atoms with Crippen LogP contribution < -0.4 is 4.90 Å². The number of rotatable bonds is 6. The Bertz CT molecular complexity index is 4130. The summed E-state index contributed by atoms with van der Waals surface area (Å²) in [4.78, 5) is 2.43. The molecule has 10 aromatic carbocycles. The van der Waals surface area contributed by atoms with Crippen LogP contribution in [0.25, 0.3) is 114 Å². The number of anilines is 3. The number of benzene rings is 10. The molecule has 0 amide bonds. The van der Waals surface area contributed by atoms with E-state index < -0.39 is 0 Å². The smallest absolute Gasteiger partial charge is 0.145 e. The molecule has 0 aliphatic heterocycles. The van der Waals surface area contributed by atoms with Gasteiger partial charge in [0.25, 0.3) is 0 Å². The molecule has 0 saturated carbocycles. The fourth-order valence-corrected chi connectivity index (χ4v) is 11.5. The Hall–Kier alpha value is -8.38. The van der Waals surface area contributed by atoms with Gasteiger partial charge in [-0.25, -0.2) is 0 Å². The first-order chi connectivity index (χ1) is 32.2. The average Bonchev–Trinajstić information content (AvgIpc) is 4.14. The van der Waals surface area contributed by atoms with Crippen molar-refractivity contribution in [3.05, 3.63) is 218 Å². The maximum absolute atomic E-state index is 6.96. The van der Waals surface area contributed by atoms with Gasteiger partial charge in [-0.1, -0.05) is 146 Å². The molecule has 5 heteroatoms. The van der Waals surface area contributed by atoms with Crippen LogP contribution in [-0.4, -0.2) is 4.57 Å². The molecular weight excluding hydrogens is 813 g/mol. The molecule has 4 heterocycles. The van der Waals surface area contributed by atoms with Crippen LogP contribution in [0.3, 0.4) is 0 Å². The number of furan rings is 2. The summed E-state index contributed by atoms with van der Waals surface area (Å²) in [6.07, 6.45) is 0. The minimum Gasteiger partial charge on any atom is -0.455 e. The van der Waals surface area contributed by atoms with E-state index in [0.717, 1.165) is 88.9 Å². The maximum Gasteiger partial charge on any atom is 0.145 e. The molecule has 14 rings (SSSR count). The van der Waals surface area contributed by atoms with Gasteiger partial charge < -0.3 is 18.3 Å². The molecule has 4 nitrogen and oxygen atoms in total. The highest BCUT2D eigenvalue weighted by Gasteiger charge is 2.25.